The van der Waals surface area contributed by atoms with Crippen LogP contribution in [0.3, 0.4) is 0 Å². The number of hydrogen-bond acceptors (Lipinski definition) is 3. The molecule has 0 saturated heterocycles. The third kappa shape index (κ3) is 3.91. The van der Waals surface area contributed by atoms with Crippen molar-refractivity contribution < 1.29 is 9.18 Å². The molecule has 0 fully saturated rings. The first-order chi connectivity index (χ1) is 10.1. The Balaban J connectivity index is 2.04. The fourth-order valence-corrected chi connectivity index (χ4v) is 1.75. The van der Waals surface area contributed by atoms with Crippen LogP contribution in [-0.2, 0) is 13.6 Å². The second-order valence-electron chi connectivity index (χ2n) is 4.41. The van der Waals surface area contributed by atoms with Crippen LogP contribution in [0.15, 0.2) is 30.6 Å². The van der Waals surface area contributed by atoms with Crippen molar-refractivity contribution in [3.63, 3.8) is 0 Å². The van der Waals surface area contributed by atoms with Gasteiger partial charge in [0.2, 0.25) is 0 Å². The van der Waals surface area contributed by atoms with Gasteiger partial charge in [0, 0.05) is 30.9 Å². The Bertz CT molecular complexity index is 712. The van der Waals surface area contributed by atoms with Crippen LogP contribution in [0.2, 0.25) is 0 Å². The molecule has 0 atom stereocenters. The lowest BCUT2D eigenvalue weighted by atomic mass is 10.1. The van der Waals surface area contributed by atoms with Gasteiger partial charge in [0.15, 0.2) is 0 Å². The molecule has 1 amide bonds. The third-order valence-corrected chi connectivity index (χ3v) is 2.77. The Morgan fingerprint density at radius 2 is 2.33 bits per heavy atom. The van der Waals surface area contributed by atoms with E-state index in [9.17, 15) is 9.18 Å². The molecule has 21 heavy (non-hydrogen) atoms. The summed E-state index contributed by atoms with van der Waals surface area (Å²) in [6.45, 7) is 0.496. The maximum atomic E-state index is 13.8. The van der Waals surface area contributed by atoms with Gasteiger partial charge in [0.05, 0.1) is 18.3 Å². The number of carbonyl (C=O) groups excluding carboxylic acids is 1. The first-order valence-corrected chi connectivity index (χ1v) is 6.34. The summed E-state index contributed by atoms with van der Waals surface area (Å²) < 4.78 is 15.4. The summed E-state index contributed by atoms with van der Waals surface area (Å²) in [5.74, 6) is 4.29. The molecule has 1 aromatic carbocycles. The SMILES string of the molecule is Cn1cc(CNC(=O)c2ccc(C#CCN)c(F)c2)cn1. The van der Waals surface area contributed by atoms with Gasteiger partial charge >= 0.3 is 0 Å². The molecular weight excluding hydrogens is 271 g/mol. The minimum atomic E-state index is -0.537. The monoisotopic (exact) mass is 286 g/mol. The van der Waals surface area contributed by atoms with E-state index in [0.717, 1.165) is 5.56 Å². The number of nitrogens with zero attached hydrogens (tertiary/aromatic N) is 2. The number of aryl methyl sites for hydroxylation is 1. The Morgan fingerprint density at radius 3 is 2.95 bits per heavy atom. The van der Waals surface area contributed by atoms with E-state index in [-0.39, 0.29) is 23.6 Å². The second kappa shape index (κ2) is 6.68. The minimum Gasteiger partial charge on any atom is -0.348 e. The van der Waals surface area contributed by atoms with Crippen molar-refractivity contribution >= 4 is 5.91 Å². The zero-order valence-corrected chi connectivity index (χ0v) is 11.6. The highest BCUT2D eigenvalue weighted by Crippen LogP contribution is 2.09. The number of halogens is 1. The van der Waals surface area contributed by atoms with Crippen LogP contribution in [0.5, 0.6) is 0 Å². The van der Waals surface area contributed by atoms with E-state index in [1.165, 1.54) is 18.2 Å². The van der Waals surface area contributed by atoms with Gasteiger partial charge in [-0.2, -0.15) is 5.10 Å². The highest BCUT2D eigenvalue weighted by Gasteiger charge is 2.09. The summed E-state index contributed by atoms with van der Waals surface area (Å²) in [5.41, 5.74) is 6.58. The van der Waals surface area contributed by atoms with Gasteiger partial charge < -0.3 is 11.1 Å². The molecule has 108 valence electrons. The van der Waals surface area contributed by atoms with Crippen LogP contribution >= 0.6 is 0 Å². The molecule has 1 heterocycles. The molecular formula is C15H15FN4O. The molecule has 0 saturated carbocycles. The number of nitrogens with one attached hydrogen (secondary N) is 1. The van der Waals surface area contributed by atoms with Gasteiger partial charge in [-0.3, -0.25) is 9.48 Å². The molecule has 0 aliphatic heterocycles. The van der Waals surface area contributed by atoms with Gasteiger partial charge in [-0.25, -0.2) is 4.39 Å². The molecule has 0 aliphatic rings. The van der Waals surface area contributed by atoms with E-state index in [0.29, 0.717) is 6.54 Å². The van der Waals surface area contributed by atoms with Crippen molar-refractivity contribution in [3.05, 3.63) is 53.1 Å². The maximum Gasteiger partial charge on any atom is 0.251 e. The van der Waals surface area contributed by atoms with Crippen LogP contribution in [0, 0.1) is 17.7 Å². The summed E-state index contributed by atoms with van der Waals surface area (Å²) in [6.07, 6.45) is 3.46. The lowest BCUT2D eigenvalue weighted by molar-refractivity contribution is 0.0950. The molecule has 0 aliphatic carbocycles. The molecule has 5 nitrogen and oxygen atoms in total. The topological polar surface area (TPSA) is 72.9 Å². The lowest BCUT2D eigenvalue weighted by Gasteiger charge is -2.04. The Morgan fingerprint density at radius 1 is 1.52 bits per heavy atom. The number of nitrogens with two attached hydrogens (primary N) is 1. The van der Waals surface area contributed by atoms with Crippen molar-refractivity contribution in [1.29, 1.82) is 0 Å². The number of rotatable bonds is 3. The molecule has 6 heteroatoms. The van der Waals surface area contributed by atoms with Crippen LogP contribution in [0.4, 0.5) is 4.39 Å². The average Bonchev–Trinajstić information content (AvgIpc) is 2.89. The van der Waals surface area contributed by atoms with Crippen LogP contribution in [0.25, 0.3) is 0 Å². The van der Waals surface area contributed by atoms with Gasteiger partial charge in [0.25, 0.3) is 5.91 Å². The first kappa shape index (κ1) is 14.8. The van der Waals surface area contributed by atoms with Crippen molar-refractivity contribution in [3.8, 4) is 11.8 Å². The molecule has 0 spiro atoms. The fraction of sp³-hybridized carbons (Fsp3) is 0.200. The van der Waals surface area contributed by atoms with Crippen LogP contribution < -0.4 is 11.1 Å². The predicted octanol–water partition coefficient (Wildman–Crippen LogP) is 0.799. The summed E-state index contributed by atoms with van der Waals surface area (Å²) in [7, 11) is 1.79. The van der Waals surface area contributed by atoms with E-state index >= 15 is 0 Å². The highest BCUT2D eigenvalue weighted by molar-refractivity contribution is 5.94. The number of benzene rings is 1. The zero-order chi connectivity index (χ0) is 15.2. The second-order valence-corrected chi connectivity index (χ2v) is 4.41. The Hall–Kier alpha value is -2.65. The maximum absolute atomic E-state index is 13.8. The molecule has 2 rings (SSSR count). The quantitative estimate of drug-likeness (QED) is 0.820. The summed E-state index contributed by atoms with van der Waals surface area (Å²) in [5, 5.41) is 6.70. The number of aromatic nitrogens is 2. The van der Waals surface area contributed by atoms with Gasteiger partial charge in [-0.15, -0.1) is 0 Å². The minimum absolute atomic E-state index is 0.160. The van der Waals surface area contributed by atoms with Crippen LogP contribution in [-0.4, -0.2) is 22.2 Å². The van der Waals surface area contributed by atoms with E-state index in [1.54, 1.807) is 24.1 Å². The lowest BCUT2D eigenvalue weighted by Crippen LogP contribution is -2.22. The van der Waals surface area contributed by atoms with E-state index < -0.39 is 5.82 Å². The molecule has 3 N–H and O–H groups in total. The molecule has 0 bridgehead atoms. The number of amides is 1. The van der Waals surface area contributed by atoms with E-state index in [2.05, 4.69) is 22.3 Å². The third-order valence-electron chi connectivity index (χ3n) is 2.77. The summed E-state index contributed by atoms with van der Waals surface area (Å²) in [4.78, 5) is 11.9. The fourth-order valence-electron chi connectivity index (χ4n) is 1.75. The molecule has 1 aromatic heterocycles. The molecule has 0 unspecified atom stereocenters. The normalized spacial score (nSPS) is 9.86. The van der Waals surface area contributed by atoms with Crippen LogP contribution in [0.1, 0.15) is 21.5 Å². The van der Waals surface area contributed by atoms with E-state index in [1.807, 2.05) is 0 Å². The molecule has 0 radical (unpaired) electrons. The number of hydrogen-bond donors (Lipinski definition) is 2. The standard InChI is InChI=1S/C15H15FN4O/c1-20-10-11(9-19-20)8-18-15(21)13-5-4-12(3-2-6-17)14(16)7-13/h4-5,7,9-10H,6,8,17H2,1H3,(H,18,21). The Labute approximate surface area is 122 Å². The smallest absolute Gasteiger partial charge is 0.251 e. The molecule has 2 aromatic rings. The van der Waals surface area contributed by atoms with E-state index in [4.69, 9.17) is 5.73 Å². The van der Waals surface area contributed by atoms with Crippen molar-refractivity contribution in [2.45, 2.75) is 6.54 Å². The first-order valence-electron chi connectivity index (χ1n) is 6.34. The largest absolute Gasteiger partial charge is 0.348 e. The van der Waals surface area contributed by atoms with Crippen molar-refractivity contribution in [1.82, 2.24) is 15.1 Å². The number of carbonyl (C=O) groups is 1. The van der Waals surface area contributed by atoms with Gasteiger partial charge in [-0.1, -0.05) is 11.8 Å². The highest BCUT2D eigenvalue weighted by atomic mass is 19.1. The van der Waals surface area contributed by atoms with Crippen molar-refractivity contribution in [2.24, 2.45) is 12.8 Å². The summed E-state index contributed by atoms with van der Waals surface area (Å²) >= 11 is 0. The average molecular weight is 286 g/mol. The predicted molar refractivity (Wildman–Crippen MR) is 76.7 cm³/mol. The Kier molecular flexibility index (Phi) is 4.69. The van der Waals surface area contributed by atoms with Gasteiger partial charge in [0.1, 0.15) is 5.82 Å². The zero-order valence-electron chi connectivity index (χ0n) is 11.6. The summed E-state index contributed by atoms with van der Waals surface area (Å²) in [6, 6.07) is 4.16. The van der Waals surface area contributed by atoms with Gasteiger partial charge in [-0.05, 0) is 18.2 Å². The van der Waals surface area contributed by atoms with Crippen molar-refractivity contribution in [2.75, 3.05) is 6.54 Å².